The van der Waals surface area contributed by atoms with Crippen LogP contribution in [-0.2, 0) is 0 Å². The second-order valence-corrected chi connectivity index (χ2v) is 24.3. The third-order valence-corrected chi connectivity index (χ3v) is 16.9. The summed E-state index contributed by atoms with van der Waals surface area (Å²) in [4.78, 5) is 1.38. The molecule has 0 N–H and O–H groups in total. The van der Waals surface area contributed by atoms with E-state index in [0.29, 0.717) is 0 Å². The van der Waals surface area contributed by atoms with Crippen LogP contribution in [0.15, 0.2) is 0 Å². The van der Waals surface area contributed by atoms with Gasteiger partial charge in [0.05, 0.1) is 0 Å². The molecule has 0 saturated heterocycles. The van der Waals surface area contributed by atoms with E-state index >= 15 is 0 Å². The Balaban J connectivity index is 3.75. The Morgan fingerprint density at radius 3 is 1.56 bits per heavy atom. The Bertz CT molecular complexity index is 78.2. The Hall–Kier alpha value is 1.05. The SMILES string of the molecule is C[Si](C)(Cl)[CH2][Ge]([CH3])([CH3])[CH3]. The summed E-state index contributed by atoms with van der Waals surface area (Å²) >= 11 is 4.89. The first-order valence-corrected chi connectivity index (χ1v) is 15.4. The molecule has 0 spiro atoms. The van der Waals surface area contributed by atoms with Gasteiger partial charge in [-0.3, -0.25) is 0 Å². The topological polar surface area (TPSA) is 0 Å². The van der Waals surface area contributed by atoms with Crippen LogP contribution in [0.2, 0.25) is 35.2 Å². The molecule has 0 aliphatic carbocycles. The molecule has 0 aliphatic rings. The van der Waals surface area contributed by atoms with Crippen LogP contribution >= 0.6 is 11.1 Å². The van der Waals surface area contributed by atoms with Crippen molar-refractivity contribution in [3.8, 4) is 0 Å². The van der Waals surface area contributed by atoms with Gasteiger partial charge in [-0.15, -0.1) is 0 Å². The summed E-state index contributed by atoms with van der Waals surface area (Å²) < 4.78 is 0. The molecule has 0 aromatic heterocycles. The summed E-state index contributed by atoms with van der Waals surface area (Å²) in [5.74, 6) is 7.28. The molecule has 9 heavy (non-hydrogen) atoms. The fraction of sp³-hybridized carbons (Fsp3) is 1.00. The van der Waals surface area contributed by atoms with Crippen LogP contribution < -0.4 is 0 Å². The van der Waals surface area contributed by atoms with Crippen LogP contribution in [0.4, 0.5) is 0 Å². The number of hydrogen-bond donors (Lipinski definition) is 0. The predicted octanol–water partition coefficient (Wildman–Crippen LogP) is 3.31. The van der Waals surface area contributed by atoms with Crippen LogP contribution in [0, 0.1) is 0 Å². The van der Waals surface area contributed by atoms with Crippen molar-refractivity contribution < 1.29 is 0 Å². The molecule has 0 bridgehead atoms. The Morgan fingerprint density at radius 1 is 1.22 bits per heavy atom. The minimum absolute atomic E-state index is 1.24. The Kier molecular flexibility index (Phi) is 3.32. The number of rotatable bonds is 2. The first-order valence-electron chi connectivity index (χ1n) is 3.40. The zero-order valence-corrected chi connectivity index (χ0v) is 10.9. The van der Waals surface area contributed by atoms with E-state index in [0.717, 1.165) is 0 Å². The fourth-order valence-corrected chi connectivity index (χ4v) is 25.9. The molecule has 0 atom stereocenters. The van der Waals surface area contributed by atoms with Crippen LogP contribution in [0.1, 0.15) is 0 Å². The van der Waals surface area contributed by atoms with Gasteiger partial charge < -0.3 is 0 Å². The van der Waals surface area contributed by atoms with E-state index in [2.05, 4.69) is 30.4 Å². The van der Waals surface area contributed by atoms with Crippen molar-refractivity contribution in [3.63, 3.8) is 0 Å². The van der Waals surface area contributed by atoms with E-state index in [1.807, 2.05) is 0 Å². The van der Waals surface area contributed by atoms with Crippen molar-refractivity contribution in [1.29, 1.82) is 0 Å². The zero-order valence-electron chi connectivity index (χ0n) is 7.09. The van der Waals surface area contributed by atoms with Crippen molar-refractivity contribution in [2.75, 3.05) is 0 Å². The average molecular weight is 225 g/mol. The monoisotopic (exact) mass is 226 g/mol. The summed E-state index contributed by atoms with van der Waals surface area (Å²) in [6.45, 7) is 4.48. The van der Waals surface area contributed by atoms with Gasteiger partial charge in [0, 0.05) is 0 Å². The summed E-state index contributed by atoms with van der Waals surface area (Å²) in [5.41, 5.74) is 0. The summed E-state index contributed by atoms with van der Waals surface area (Å²) in [7, 11) is -1.24. The molecule has 0 amide bonds. The average Bonchev–Trinajstić information content (AvgIpc) is 1.14. The summed E-state index contributed by atoms with van der Waals surface area (Å²) in [6, 6.07) is 0. The molecule has 0 heterocycles. The van der Waals surface area contributed by atoms with E-state index < -0.39 is 20.6 Å². The molecule has 0 aromatic rings. The van der Waals surface area contributed by atoms with Gasteiger partial charge in [0.2, 0.25) is 0 Å². The molecule has 0 rings (SSSR count). The first-order chi connectivity index (χ1) is 3.71. The molecular formula is C6H17ClGeSi. The van der Waals surface area contributed by atoms with E-state index in [9.17, 15) is 0 Å². The maximum atomic E-state index is 6.20. The third kappa shape index (κ3) is 9.05. The third-order valence-electron chi connectivity index (χ3n) is 0.951. The normalized spacial score (nSPS) is 14.0. The van der Waals surface area contributed by atoms with Crippen LogP contribution in [0.5, 0.6) is 0 Å². The fourth-order valence-electron chi connectivity index (χ4n) is 1.26. The Morgan fingerprint density at radius 2 is 1.56 bits per heavy atom. The molecule has 0 radical (unpaired) electrons. The van der Waals surface area contributed by atoms with Crippen LogP contribution in [0.25, 0.3) is 0 Å². The summed E-state index contributed by atoms with van der Waals surface area (Å²) in [6.07, 6.45) is 0. The molecule has 0 fully saturated rings. The molecule has 0 nitrogen and oxygen atoms in total. The molecule has 0 unspecified atom stereocenters. The van der Waals surface area contributed by atoms with Gasteiger partial charge in [-0.2, -0.15) is 0 Å². The van der Waals surface area contributed by atoms with Crippen molar-refractivity contribution in [3.05, 3.63) is 0 Å². The maximum absolute atomic E-state index is 6.20. The second kappa shape index (κ2) is 2.97. The van der Waals surface area contributed by atoms with Gasteiger partial charge in [-0.1, -0.05) is 0 Å². The zero-order chi connectivity index (χ0) is 7.71. The van der Waals surface area contributed by atoms with E-state index in [-0.39, 0.29) is 0 Å². The quantitative estimate of drug-likeness (QED) is 0.499. The Labute approximate surface area is 67.1 Å². The van der Waals surface area contributed by atoms with Gasteiger partial charge in [-0.25, -0.2) is 0 Å². The van der Waals surface area contributed by atoms with Crippen LogP contribution in [-0.4, -0.2) is 20.6 Å². The van der Waals surface area contributed by atoms with Gasteiger partial charge in [0.25, 0.3) is 0 Å². The van der Waals surface area contributed by atoms with E-state index in [1.165, 1.54) is 4.88 Å². The molecule has 0 aliphatic heterocycles. The van der Waals surface area contributed by atoms with E-state index in [1.54, 1.807) is 0 Å². The van der Waals surface area contributed by atoms with Crippen molar-refractivity contribution >= 4 is 31.7 Å². The van der Waals surface area contributed by atoms with Crippen molar-refractivity contribution in [2.24, 2.45) is 0 Å². The molecule has 0 aromatic carbocycles. The molecule has 0 saturated carbocycles. The standard InChI is InChI=1S/C6H17ClGeSi/c1-8(2,3)6-9(4,5)7/h6H2,1-5H3. The van der Waals surface area contributed by atoms with Crippen molar-refractivity contribution in [1.82, 2.24) is 0 Å². The predicted molar refractivity (Wildman–Crippen MR) is 51.5 cm³/mol. The van der Waals surface area contributed by atoms with Crippen molar-refractivity contribution in [2.45, 2.75) is 35.2 Å². The molecule has 3 heteroatoms. The number of halogens is 1. The molecule has 56 valence electrons. The molecular weight excluding hydrogens is 208 g/mol. The van der Waals surface area contributed by atoms with Gasteiger partial charge in [-0.05, 0) is 0 Å². The minimum atomic E-state index is -1.31. The van der Waals surface area contributed by atoms with E-state index in [4.69, 9.17) is 11.1 Å². The van der Waals surface area contributed by atoms with Gasteiger partial charge in [0.15, 0.2) is 0 Å². The first kappa shape index (κ1) is 10.0. The van der Waals surface area contributed by atoms with Crippen LogP contribution in [0.3, 0.4) is 0 Å². The number of hydrogen-bond acceptors (Lipinski definition) is 0. The van der Waals surface area contributed by atoms with Gasteiger partial charge in [0.1, 0.15) is 0 Å². The van der Waals surface area contributed by atoms with Gasteiger partial charge >= 0.3 is 67.0 Å². The summed E-state index contributed by atoms with van der Waals surface area (Å²) in [5, 5.41) is 0. The second-order valence-electron chi connectivity index (χ2n) is 4.46.